The fourth-order valence-corrected chi connectivity index (χ4v) is 2.14. The Labute approximate surface area is 115 Å². The van der Waals surface area contributed by atoms with Crippen molar-refractivity contribution >= 4 is 5.78 Å². The van der Waals surface area contributed by atoms with E-state index < -0.39 is 0 Å². The van der Waals surface area contributed by atoms with Crippen LogP contribution in [0.25, 0.3) is 11.1 Å². The third-order valence-electron chi connectivity index (χ3n) is 3.10. The molecule has 1 aromatic heterocycles. The molecule has 0 saturated heterocycles. The monoisotopic (exact) mass is 264 g/mol. The molecule has 20 heavy (non-hydrogen) atoms. The number of aromatic nitrogens is 2. The van der Waals surface area contributed by atoms with Crippen molar-refractivity contribution in [2.24, 2.45) is 0 Å². The highest BCUT2D eigenvalue weighted by molar-refractivity contribution is 6.11. The maximum absolute atomic E-state index is 12.5. The van der Waals surface area contributed by atoms with Gasteiger partial charge in [0.15, 0.2) is 0 Å². The van der Waals surface area contributed by atoms with Crippen LogP contribution in [0.4, 0.5) is 0 Å². The molecule has 4 nitrogen and oxygen atoms in total. The minimum absolute atomic E-state index is 0.206. The molecule has 0 aliphatic rings. The summed E-state index contributed by atoms with van der Waals surface area (Å²) in [6.45, 7) is 0. The van der Waals surface area contributed by atoms with Gasteiger partial charge in [-0.05, 0) is 5.56 Å². The number of aromatic amines is 2. The smallest absolute Gasteiger partial charge is 0.272 e. The lowest BCUT2D eigenvalue weighted by Crippen LogP contribution is -2.06. The van der Waals surface area contributed by atoms with Crippen LogP contribution < -0.4 is 5.56 Å². The van der Waals surface area contributed by atoms with Crippen molar-refractivity contribution in [2.75, 3.05) is 0 Å². The topological polar surface area (TPSA) is 65.7 Å². The molecule has 2 aromatic carbocycles. The van der Waals surface area contributed by atoms with E-state index in [-0.39, 0.29) is 17.0 Å². The summed E-state index contributed by atoms with van der Waals surface area (Å²) in [7, 11) is 0. The zero-order valence-electron chi connectivity index (χ0n) is 10.6. The van der Waals surface area contributed by atoms with Gasteiger partial charge in [-0.3, -0.25) is 19.8 Å². The van der Waals surface area contributed by atoms with E-state index in [0.717, 1.165) is 0 Å². The second-order valence-electron chi connectivity index (χ2n) is 4.39. The number of hydrogen-bond donors (Lipinski definition) is 2. The predicted octanol–water partition coefficient (Wildman–Crippen LogP) is 2.60. The lowest BCUT2D eigenvalue weighted by Gasteiger charge is -2.02. The molecule has 98 valence electrons. The Bertz CT molecular complexity index is 786. The first-order valence-electron chi connectivity index (χ1n) is 6.23. The summed E-state index contributed by atoms with van der Waals surface area (Å²) in [6, 6.07) is 18.0. The van der Waals surface area contributed by atoms with Gasteiger partial charge in [0.2, 0.25) is 5.78 Å². The summed E-state index contributed by atoms with van der Waals surface area (Å²) < 4.78 is 0. The van der Waals surface area contributed by atoms with Crippen LogP contribution >= 0.6 is 0 Å². The van der Waals surface area contributed by atoms with Crippen molar-refractivity contribution in [3.8, 4) is 11.1 Å². The molecule has 0 atom stereocenters. The van der Waals surface area contributed by atoms with Crippen molar-refractivity contribution in [2.45, 2.75) is 0 Å². The van der Waals surface area contributed by atoms with Crippen LogP contribution in [0.1, 0.15) is 16.1 Å². The van der Waals surface area contributed by atoms with Gasteiger partial charge in [-0.15, -0.1) is 0 Å². The molecule has 0 aliphatic carbocycles. The number of H-pyrrole nitrogens is 2. The predicted molar refractivity (Wildman–Crippen MR) is 76.7 cm³/mol. The average molecular weight is 264 g/mol. The van der Waals surface area contributed by atoms with Gasteiger partial charge in [0, 0.05) is 5.56 Å². The van der Waals surface area contributed by atoms with Crippen molar-refractivity contribution < 1.29 is 4.79 Å². The molecule has 0 radical (unpaired) electrons. The fourth-order valence-electron chi connectivity index (χ4n) is 2.14. The van der Waals surface area contributed by atoms with Gasteiger partial charge >= 0.3 is 0 Å². The van der Waals surface area contributed by atoms with E-state index in [1.54, 1.807) is 36.4 Å². The summed E-state index contributed by atoms with van der Waals surface area (Å²) in [4.78, 5) is 24.4. The van der Waals surface area contributed by atoms with Crippen molar-refractivity contribution in [1.29, 1.82) is 0 Å². The van der Waals surface area contributed by atoms with Crippen LogP contribution in [0.15, 0.2) is 65.5 Å². The average Bonchev–Trinajstić information content (AvgIpc) is 2.90. The minimum Gasteiger partial charge on any atom is -0.294 e. The first kappa shape index (κ1) is 12.2. The number of hydrogen-bond acceptors (Lipinski definition) is 2. The van der Waals surface area contributed by atoms with E-state index in [1.807, 2.05) is 24.3 Å². The molecule has 0 fully saturated rings. The van der Waals surface area contributed by atoms with Gasteiger partial charge in [0.25, 0.3) is 5.56 Å². The van der Waals surface area contributed by atoms with Crippen molar-refractivity contribution in [3.05, 3.63) is 82.3 Å². The largest absolute Gasteiger partial charge is 0.294 e. The van der Waals surface area contributed by atoms with Gasteiger partial charge in [-0.2, -0.15) is 0 Å². The molecule has 1 heterocycles. The molecular weight excluding hydrogens is 252 g/mol. The summed E-state index contributed by atoms with van der Waals surface area (Å²) in [5, 5.41) is 5.17. The molecular formula is C16H12N2O2. The fraction of sp³-hybridized carbons (Fsp3) is 0. The Kier molecular flexibility index (Phi) is 3.05. The SMILES string of the molecule is O=C(c1ccccc1)c1[nH][nH]c(=O)c1-c1ccccc1. The lowest BCUT2D eigenvalue weighted by molar-refractivity contribution is 0.103. The highest BCUT2D eigenvalue weighted by Crippen LogP contribution is 2.20. The maximum atomic E-state index is 12.5. The second-order valence-corrected chi connectivity index (χ2v) is 4.39. The summed E-state index contributed by atoms with van der Waals surface area (Å²) in [6.07, 6.45) is 0. The summed E-state index contributed by atoms with van der Waals surface area (Å²) >= 11 is 0. The Morgan fingerprint density at radius 3 is 2.05 bits per heavy atom. The van der Waals surface area contributed by atoms with Crippen LogP contribution in [0, 0.1) is 0 Å². The molecule has 4 heteroatoms. The minimum atomic E-state index is -0.296. The van der Waals surface area contributed by atoms with Crippen molar-refractivity contribution in [3.63, 3.8) is 0 Å². The highest BCUT2D eigenvalue weighted by atomic mass is 16.1. The summed E-state index contributed by atoms with van der Waals surface area (Å²) in [5.74, 6) is -0.206. The Morgan fingerprint density at radius 2 is 1.40 bits per heavy atom. The van der Waals surface area contributed by atoms with Gasteiger partial charge < -0.3 is 0 Å². The van der Waals surface area contributed by atoms with Gasteiger partial charge in [-0.25, -0.2) is 0 Å². The third-order valence-corrected chi connectivity index (χ3v) is 3.10. The molecule has 3 aromatic rings. The van der Waals surface area contributed by atoms with Gasteiger partial charge in [0.05, 0.1) is 5.56 Å². The number of carbonyl (C=O) groups is 1. The first-order valence-corrected chi connectivity index (χ1v) is 6.23. The normalized spacial score (nSPS) is 10.4. The van der Waals surface area contributed by atoms with E-state index >= 15 is 0 Å². The number of rotatable bonds is 3. The zero-order valence-corrected chi connectivity index (χ0v) is 10.6. The van der Waals surface area contributed by atoms with Crippen LogP contribution in [0.5, 0.6) is 0 Å². The zero-order chi connectivity index (χ0) is 13.9. The molecule has 0 unspecified atom stereocenters. The van der Waals surface area contributed by atoms with E-state index in [2.05, 4.69) is 10.2 Å². The molecule has 0 spiro atoms. The third kappa shape index (κ3) is 2.07. The first-order chi connectivity index (χ1) is 9.77. The second kappa shape index (κ2) is 5.01. The molecule has 0 aliphatic heterocycles. The van der Waals surface area contributed by atoms with E-state index in [1.165, 1.54) is 0 Å². The van der Waals surface area contributed by atoms with Crippen molar-refractivity contribution in [1.82, 2.24) is 10.2 Å². The van der Waals surface area contributed by atoms with E-state index in [9.17, 15) is 9.59 Å². The summed E-state index contributed by atoms with van der Waals surface area (Å²) in [5.41, 5.74) is 1.62. The van der Waals surface area contributed by atoms with Crippen LogP contribution in [-0.2, 0) is 0 Å². The van der Waals surface area contributed by atoms with Crippen LogP contribution in [0.2, 0.25) is 0 Å². The Hall–Kier alpha value is -2.88. The maximum Gasteiger partial charge on any atom is 0.272 e. The molecule has 3 rings (SSSR count). The number of ketones is 1. The Balaban J connectivity index is 2.13. The molecule has 0 bridgehead atoms. The van der Waals surface area contributed by atoms with E-state index in [0.29, 0.717) is 16.7 Å². The van der Waals surface area contributed by atoms with Crippen LogP contribution in [0.3, 0.4) is 0 Å². The van der Waals surface area contributed by atoms with E-state index in [4.69, 9.17) is 0 Å². The number of nitrogens with one attached hydrogen (secondary N) is 2. The quantitative estimate of drug-likeness (QED) is 0.714. The number of carbonyl (C=O) groups excluding carboxylic acids is 1. The highest BCUT2D eigenvalue weighted by Gasteiger charge is 2.19. The Morgan fingerprint density at radius 1 is 0.800 bits per heavy atom. The van der Waals surface area contributed by atoms with Gasteiger partial charge in [-0.1, -0.05) is 60.7 Å². The lowest BCUT2D eigenvalue weighted by atomic mass is 10.0. The van der Waals surface area contributed by atoms with Gasteiger partial charge in [0.1, 0.15) is 5.69 Å². The molecule has 2 N–H and O–H groups in total. The molecule has 0 amide bonds. The standard InChI is InChI=1S/C16H12N2O2/c19-15(12-9-5-2-6-10-12)14-13(16(20)18-17-14)11-7-3-1-4-8-11/h1-10H,(H2,17,18,20). The molecule has 0 saturated carbocycles. The van der Waals surface area contributed by atoms with Crippen LogP contribution in [-0.4, -0.2) is 16.0 Å². The number of benzene rings is 2.